The second kappa shape index (κ2) is 25.9. The fraction of sp³-hybridized carbons (Fsp3) is 1.00. The normalized spacial score (nSPS) is 11.6. The molecule has 0 bridgehead atoms. The minimum atomic E-state index is 0.802. The molecule has 0 aliphatic rings. The highest BCUT2D eigenvalue weighted by molar-refractivity contribution is 4.61. The molecular formula is C26H57N3. The third-order valence-corrected chi connectivity index (χ3v) is 6.04. The van der Waals surface area contributed by atoms with Crippen molar-refractivity contribution < 1.29 is 0 Å². The van der Waals surface area contributed by atoms with Crippen molar-refractivity contribution in [3.8, 4) is 0 Å². The van der Waals surface area contributed by atoms with E-state index in [2.05, 4.69) is 24.1 Å². The summed E-state index contributed by atoms with van der Waals surface area (Å²) in [5, 5.41) is 3.54. The lowest BCUT2D eigenvalue weighted by Gasteiger charge is -2.22. The molecule has 0 aromatic heterocycles. The maximum Gasteiger partial charge on any atom is -0.000664 e. The third-order valence-electron chi connectivity index (χ3n) is 6.04. The quantitative estimate of drug-likeness (QED) is 0.161. The Morgan fingerprint density at radius 1 is 0.483 bits per heavy atom. The summed E-state index contributed by atoms with van der Waals surface area (Å²) < 4.78 is 0. The van der Waals surface area contributed by atoms with Gasteiger partial charge in [-0.25, -0.2) is 0 Å². The van der Waals surface area contributed by atoms with Crippen molar-refractivity contribution in [3.05, 3.63) is 0 Å². The molecule has 0 aliphatic carbocycles. The zero-order chi connectivity index (χ0) is 21.3. The van der Waals surface area contributed by atoms with Crippen LogP contribution in [-0.4, -0.2) is 44.2 Å². The summed E-state index contributed by atoms with van der Waals surface area (Å²) in [7, 11) is 0. The van der Waals surface area contributed by atoms with Crippen LogP contribution in [0.2, 0.25) is 0 Å². The molecule has 0 aromatic carbocycles. The number of nitrogens with one attached hydrogen (secondary N) is 1. The molecule has 3 heteroatoms. The van der Waals surface area contributed by atoms with Gasteiger partial charge in [0.1, 0.15) is 0 Å². The third kappa shape index (κ3) is 24.0. The first-order valence-electron chi connectivity index (χ1n) is 13.5. The Labute approximate surface area is 185 Å². The first-order valence-corrected chi connectivity index (χ1v) is 13.5. The van der Waals surface area contributed by atoms with Gasteiger partial charge in [0, 0.05) is 0 Å². The Balaban J connectivity index is 3.79. The fourth-order valence-corrected chi connectivity index (χ4v) is 4.05. The van der Waals surface area contributed by atoms with Gasteiger partial charge < -0.3 is 16.0 Å². The number of hydrogen-bond acceptors (Lipinski definition) is 3. The Morgan fingerprint density at radius 3 is 1.31 bits per heavy atom. The molecular weight excluding hydrogens is 354 g/mol. The monoisotopic (exact) mass is 411 g/mol. The van der Waals surface area contributed by atoms with Crippen LogP contribution in [-0.2, 0) is 0 Å². The van der Waals surface area contributed by atoms with E-state index in [9.17, 15) is 0 Å². The maximum atomic E-state index is 5.57. The van der Waals surface area contributed by atoms with Crippen LogP contribution in [0.1, 0.15) is 129 Å². The fourth-order valence-electron chi connectivity index (χ4n) is 4.05. The van der Waals surface area contributed by atoms with E-state index in [1.807, 2.05) is 0 Å². The van der Waals surface area contributed by atoms with E-state index in [-0.39, 0.29) is 0 Å². The van der Waals surface area contributed by atoms with Gasteiger partial charge in [0.05, 0.1) is 0 Å². The van der Waals surface area contributed by atoms with Gasteiger partial charge in [-0.15, -0.1) is 0 Å². The van der Waals surface area contributed by atoms with E-state index in [4.69, 9.17) is 5.73 Å². The first-order chi connectivity index (χ1) is 14.3. The molecule has 176 valence electrons. The summed E-state index contributed by atoms with van der Waals surface area (Å²) in [4.78, 5) is 2.75. The van der Waals surface area contributed by atoms with Crippen LogP contribution in [0.5, 0.6) is 0 Å². The van der Waals surface area contributed by atoms with Crippen molar-refractivity contribution in [2.24, 2.45) is 5.73 Å². The van der Waals surface area contributed by atoms with Crippen molar-refractivity contribution in [2.75, 3.05) is 39.3 Å². The molecule has 0 saturated carbocycles. The van der Waals surface area contributed by atoms with E-state index in [1.165, 1.54) is 129 Å². The molecule has 0 spiro atoms. The first kappa shape index (κ1) is 28.9. The summed E-state index contributed by atoms with van der Waals surface area (Å²) in [6.45, 7) is 11.5. The van der Waals surface area contributed by atoms with Crippen LogP contribution in [0, 0.1) is 0 Å². The number of rotatable bonds is 25. The molecule has 0 atom stereocenters. The Kier molecular flexibility index (Phi) is 25.8. The maximum absolute atomic E-state index is 5.57. The molecule has 29 heavy (non-hydrogen) atoms. The second-order valence-electron chi connectivity index (χ2n) is 9.04. The predicted octanol–water partition coefficient (Wildman–Crippen LogP) is 6.90. The average molecular weight is 412 g/mol. The van der Waals surface area contributed by atoms with Crippen LogP contribution in [0.4, 0.5) is 0 Å². The highest BCUT2D eigenvalue weighted by atomic mass is 15.1. The lowest BCUT2D eigenvalue weighted by atomic mass is 10.1. The topological polar surface area (TPSA) is 41.3 Å². The molecule has 3 N–H and O–H groups in total. The minimum absolute atomic E-state index is 0.802. The van der Waals surface area contributed by atoms with Gasteiger partial charge in [-0.2, -0.15) is 0 Å². The molecule has 0 heterocycles. The number of unbranched alkanes of at least 4 members (excludes halogenated alkanes) is 14. The second-order valence-corrected chi connectivity index (χ2v) is 9.04. The highest BCUT2D eigenvalue weighted by Crippen LogP contribution is 2.11. The number of hydrogen-bond donors (Lipinski definition) is 2. The largest absolute Gasteiger partial charge is 0.330 e. The van der Waals surface area contributed by atoms with Crippen molar-refractivity contribution >= 4 is 0 Å². The van der Waals surface area contributed by atoms with E-state index in [0.717, 1.165) is 26.1 Å². The molecule has 3 nitrogen and oxygen atoms in total. The molecule has 0 saturated heterocycles. The van der Waals surface area contributed by atoms with Gasteiger partial charge in [-0.05, 0) is 65.0 Å². The predicted molar refractivity (Wildman–Crippen MR) is 133 cm³/mol. The summed E-state index contributed by atoms with van der Waals surface area (Å²) in [5.41, 5.74) is 5.57. The van der Waals surface area contributed by atoms with Crippen molar-refractivity contribution in [3.63, 3.8) is 0 Å². The number of nitrogens with two attached hydrogens (primary N) is 1. The zero-order valence-electron chi connectivity index (χ0n) is 20.5. The molecule has 0 radical (unpaired) electrons. The van der Waals surface area contributed by atoms with Crippen LogP contribution < -0.4 is 11.1 Å². The van der Waals surface area contributed by atoms with Gasteiger partial charge in [-0.1, -0.05) is 104 Å². The van der Waals surface area contributed by atoms with Crippen LogP contribution in [0.25, 0.3) is 0 Å². The summed E-state index contributed by atoms with van der Waals surface area (Å²) in [5.74, 6) is 0. The Morgan fingerprint density at radius 2 is 0.862 bits per heavy atom. The minimum Gasteiger partial charge on any atom is -0.330 e. The van der Waals surface area contributed by atoms with Gasteiger partial charge in [0.15, 0.2) is 0 Å². The van der Waals surface area contributed by atoms with Gasteiger partial charge >= 0.3 is 0 Å². The lowest BCUT2D eigenvalue weighted by Crippen LogP contribution is -2.30. The van der Waals surface area contributed by atoms with Crippen molar-refractivity contribution in [1.29, 1.82) is 0 Å². The van der Waals surface area contributed by atoms with Crippen LogP contribution in [0.15, 0.2) is 0 Å². The highest BCUT2D eigenvalue weighted by Gasteiger charge is 2.05. The molecule has 0 aromatic rings. The van der Waals surface area contributed by atoms with E-state index < -0.39 is 0 Å². The Bertz CT molecular complexity index is 263. The van der Waals surface area contributed by atoms with E-state index in [1.54, 1.807) is 0 Å². The van der Waals surface area contributed by atoms with E-state index >= 15 is 0 Å². The average Bonchev–Trinajstić information content (AvgIpc) is 2.73. The zero-order valence-corrected chi connectivity index (χ0v) is 20.5. The molecule has 0 rings (SSSR count). The van der Waals surface area contributed by atoms with Gasteiger partial charge in [0.25, 0.3) is 0 Å². The lowest BCUT2D eigenvalue weighted by molar-refractivity contribution is 0.256. The smallest absolute Gasteiger partial charge is 0.000664 e. The van der Waals surface area contributed by atoms with Crippen molar-refractivity contribution in [1.82, 2.24) is 10.2 Å². The molecule has 0 fully saturated rings. The SMILES string of the molecule is CCCCCCCCCCN(CCCCCCCCCC)CCCNCCCN. The standard InChI is InChI=1S/C26H57N3/c1-3-5-7-9-11-13-15-17-24-29(26-20-23-28-22-19-21-27)25-18-16-14-12-10-8-6-4-2/h28H,3-27H2,1-2H3. The molecule has 0 aliphatic heterocycles. The van der Waals surface area contributed by atoms with Gasteiger partial charge in [-0.3, -0.25) is 0 Å². The molecule has 0 amide bonds. The number of nitrogens with zero attached hydrogens (tertiary/aromatic N) is 1. The summed E-state index contributed by atoms with van der Waals surface area (Å²) in [6.07, 6.45) is 25.1. The summed E-state index contributed by atoms with van der Waals surface area (Å²) >= 11 is 0. The van der Waals surface area contributed by atoms with Crippen LogP contribution in [0.3, 0.4) is 0 Å². The van der Waals surface area contributed by atoms with Crippen LogP contribution >= 0.6 is 0 Å². The molecule has 0 unspecified atom stereocenters. The van der Waals surface area contributed by atoms with E-state index in [0.29, 0.717) is 0 Å². The summed E-state index contributed by atoms with van der Waals surface area (Å²) in [6, 6.07) is 0. The Hall–Kier alpha value is -0.120. The van der Waals surface area contributed by atoms with Crippen molar-refractivity contribution in [2.45, 2.75) is 129 Å². The van der Waals surface area contributed by atoms with Gasteiger partial charge in [0.2, 0.25) is 0 Å².